The van der Waals surface area contributed by atoms with Gasteiger partial charge >= 0.3 is 11.8 Å². The Labute approximate surface area is 148 Å². The van der Waals surface area contributed by atoms with Crippen LogP contribution in [0.1, 0.15) is 13.3 Å². The first kappa shape index (κ1) is 19.9. The molecule has 0 heterocycles. The summed E-state index contributed by atoms with van der Waals surface area (Å²) in [6.07, 6.45) is -0.124. The molecule has 10 heteroatoms. The molecule has 0 saturated carbocycles. The van der Waals surface area contributed by atoms with E-state index in [1.54, 1.807) is 12.1 Å². The Hall–Kier alpha value is -2.16. The van der Waals surface area contributed by atoms with Gasteiger partial charge in [0.2, 0.25) is 5.91 Å². The predicted octanol–water partition coefficient (Wildman–Crippen LogP) is 0.923. The monoisotopic (exact) mass is 374 g/mol. The molecule has 3 amide bonds. The molecule has 0 aromatic heterocycles. The van der Waals surface area contributed by atoms with Crippen LogP contribution in [0.3, 0.4) is 0 Å². The highest BCUT2D eigenvalue weighted by molar-refractivity contribution is 6.36. The lowest BCUT2D eigenvalue weighted by molar-refractivity contribution is -0.139. The molecule has 0 spiro atoms. The van der Waals surface area contributed by atoms with Gasteiger partial charge in [-0.1, -0.05) is 23.2 Å². The van der Waals surface area contributed by atoms with Crippen molar-refractivity contribution in [2.45, 2.75) is 13.3 Å². The topological polar surface area (TPSA) is 120 Å². The van der Waals surface area contributed by atoms with Gasteiger partial charge in [0.25, 0.3) is 0 Å². The lowest BCUT2D eigenvalue weighted by Crippen LogP contribution is -2.39. The fourth-order valence-corrected chi connectivity index (χ4v) is 1.84. The molecular weight excluding hydrogens is 359 g/mol. The van der Waals surface area contributed by atoms with Crippen molar-refractivity contribution in [1.29, 1.82) is 0 Å². The Kier molecular flexibility index (Phi) is 8.17. The summed E-state index contributed by atoms with van der Waals surface area (Å²) in [6.45, 7) is 1.18. The molecular formula is C14H16Cl2N4O4. The second-order valence-corrected chi connectivity index (χ2v) is 5.46. The van der Waals surface area contributed by atoms with E-state index < -0.39 is 17.7 Å². The second-order valence-electron chi connectivity index (χ2n) is 4.62. The molecule has 1 rings (SSSR count). The first-order valence-electron chi connectivity index (χ1n) is 6.80. The van der Waals surface area contributed by atoms with Crippen LogP contribution in [-0.2, 0) is 14.4 Å². The second kappa shape index (κ2) is 9.86. The van der Waals surface area contributed by atoms with E-state index in [-0.39, 0.29) is 25.3 Å². The highest BCUT2D eigenvalue weighted by Crippen LogP contribution is 2.25. The van der Waals surface area contributed by atoms with E-state index in [4.69, 9.17) is 28.3 Å². The van der Waals surface area contributed by atoms with Crippen molar-refractivity contribution in [3.05, 3.63) is 28.2 Å². The summed E-state index contributed by atoms with van der Waals surface area (Å²) in [7, 11) is 0. The van der Waals surface area contributed by atoms with E-state index in [1.807, 2.05) is 5.43 Å². The van der Waals surface area contributed by atoms with Crippen molar-refractivity contribution in [3.8, 4) is 0 Å². The number of aliphatic hydroxyl groups is 1. The number of hydrogen-bond donors (Lipinski definition) is 4. The fourth-order valence-electron chi connectivity index (χ4n) is 1.51. The Bertz CT molecular complexity index is 664. The normalized spacial score (nSPS) is 10.9. The third-order valence-electron chi connectivity index (χ3n) is 2.57. The molecule has 0 aliphatic heterocycles. The van der Waals surface area contributed by atoms with E-state index >= 15 is 0 Å². The van der Waals surface area contributed by atoms with Crippen molar-refractivity contribution in [2.75, 3.05) is 18.5 Å². The van der Waals surface area contributed by atoms with Gasteiger partial charge in [-0.2, -0.15) is 5.10 Å². The van der Waals surface area contributed by atoms with Crippen LogP contribution in [0.5, 0.6) is 0 Å². The fraction of sp³-hybridized carbons (Fsp3) is 0.286. The lowest BCUT2D eigenvalue weighted by Gasteiger charge is -2.07. The van der Waals surface area contributed by atoms with Crippen LogP contribution in [0.2, 0.25) is 10.0 Å². The Balaban J connectivity index is 2.52. The number of carbonyl (C=O) groups excluding carboxylic acids is 3. The first-order valence-corrected chi connectivity index (χ1v) is 7.56. The SMILES string of the molecule is C/C(CC(=O)Nc1cc(Cl)ccc1Cl)=N/NC(=O)C(=O)NCCO. The summed E-state index contributed by atoms with van der Waals surface area (Å²) in [5, 5.41) is 17.7. The summed E-state index contributed by atoms with van der Waals surface area (Å²) < 4.78 is 0. The molecule has 0 atom stereocenters. The van der Waals surface area contributed by atoms with Crippen LogP contribution in [0, 0.1) is 0 Å². The van der Waals surface area contributed by atoms with Gasteiger partial charge in [-0.15, -0.1) is 0 Å². The smallest absolute Gasteiger partial charge is 0.329 e. The van der Waals surface area contributed by atoms with Crippen LogP contribution in [0.4, 0.5) is 5.69 Å². The zero-order valence-electron chi connectivity index (χ0n) is 12.7. The maximum atomic E-state index is 11.9. The van der Waals surface area contributed by atoms with Crippen LogP contribution in [0.15, 0.2) is 23.3 Å². The minimum absolute atomic E-state index is 0.0439. The molecule has 1 aromatic rings. The molecule has 4 N–H and O–H groups in total. The largest absolute Gasteiger partial charge is 0.395 e. The molecule has 0 saturated heterocycles. The van der Waals surface area contributed by atoms with Crippen LogP contribution < -0.4 is 16.1 Å². The van der Waals surface area contributed by atoms with Crippen LogP contribution >= 0.6 is 23.2 Å². The Morgan fingerprint density at radius 2 is 1.92 bits per heavy atom. The van der Waals surface area contributed by atoms with Gasteiger partial charge in [0, 0.05) is 17.3 Å². The summed E-state index contributed by atoms with van der Waals surface area (Å²) in [5.41, 5.74) is 2.64. The number of hydrazone groups is 1. The van der Waals surface area contributed by atoms with E-state index in [1.165, 1.54) is 13.0 Å². The van der Waals surface area contributed by atoms with Crippen LogP contribution in [0.25, 0.3) is 0 Å². The molecule has 0 aliphatic carbocycles. The van der Waals surface area contributed by atoms with E-state index in [0.717, 1.165) is 0 Å². The molecule has 0 bridgehead atoms. The van der Waals surface area contributed by atoms with Crippen molar-refractivity contribution < 1.29 is 19.5 Å². The molecule has 1 aromatic carbocycles. The van der Waals surface area contributed by atoms with Gasteiger partial charge in [0.05, 0.1) is 23.7 Å². The number of halogens is 2. The molecule has 0 unspecified atom stereocenters. The third-order valence-corrected chi connectivity index (χ3v) is 3.14. The number of carbonyl (C=O) groups is 3. The first-order chi connectivity index (χ1) is 11.3. The summed E-state index contributed by atoms with van der Waals surface area (Å²) in [5.74, 6) is -2.35. The highest BCUT2D eigenvalue weighted by atomic mass is 35.5. The summed E-state index contributed by atoms with van der Waals surface area (Å²) in [6, 6.07) is 4.64. The maximum absolute atomic E-state index is 11.9. The molecule has 0 aliphatic rings. The summed E-state index contributed by atoms with van der Waals surface area (Å²) >= 11 is 11.8. The van der Waals surface area contributed by atoms with Gasteiger partial charge < -0.3 is 15.7 Å². The number of aliphatic hydroxyl groups excluding tert-OH is 1. The van der Waals surface area contributed by atoms with Gasteiger partial charge in [0.15, 0.2) is 0 Å². The van der Waals surface area contributed by atoms with Crippen molar-refractivity contribution in [3.63, 3.8) is 0 Å². The number of benzene rings is 1. The number of hydrogen-bond acceptors (Lipinski definition) is 5. The minimum atomic E-state index is -0.999. The van der Waals surface area contributed by atoms with Crippen molar-refractivity contribution in [1.82, 2.24) is 10.7 Å². The molecule has 0 fully saturated rings. The zero-order valence-corrected chi connectivity index (χ0v) is 14.2. The van der Waals surface area contributed by atoms with E-state index in [2.05, 4.69) is 15.7 Å². The van der Waals surface area contributed by atoms with Crippen molar-refractivity contribution >= 4 is 52.3 Å². The zero-order chi connectivity index (χ0) is 18.1. The maximum Gasteiger partial charge on any atom is 0.329 e. The number of anilines is 1. The predicted molar refractivity (Wildman–Crippen MR) is 91.1 cm³/mol. The lowest BCUT2D eigenvalue weighted by atomic mass is 10.2. The Morgan fingerprint density at radius 3 is 2.58 bits per heavy atom. The quantitative estimate of drug-likeness (QED) is 0.336. The average Bonchev–Trinajstić information content (AvgIpc) is 2.53. The van der Waals surface area contributed by atoms with Crippen LogP contribution in [-0.4, -0.2) is 41.7 Å². The van der Waals surface area contributed by atoms with E-state index in [0.29, 0.717) is 15.7 Å². The number of amides is 3. The number of rotatable bonds is 6. The van der Waals surface area contributed by atoms with E-state index in [9.17, 15) is 14.4 Å². The van der Waals surface area contributed by atoms with Gasteiger partial charge in [-0.05, 0) is 25.1 Å². The number of nitrogens with zero attached hydrogens (tertiary/aromatic N) is 1. The van der Waals surface area contributed by atoms with Gasteiger partial charge in [-0.25, -0.2) is 5.43 Å². The van der Waals surface area contributed by atoms with Crippen molar-refractivity contribution in [2.24, 2.45) is 5.10 Å². The minimum Gasteiger partial charge on any atom is -0.395 e. The summed E-state index contributed by atoms with van der Waals surface area (Å²) in [4.78, 5) is 34.5. The number of nitrogens with one attached hydrogen (secondary N) is 3. The third kappa shape index (κ3) is 6.95. The molecule has 0 radical (unpaired) electrons. The van der Waals surface area contributed by atoms with Gasteiger partial charge in [0.1, 0.15) is 0 Å². The standard InChI is InChI=1S/C14H16Cl2N4O4/c1-8(19-20-14(24)13(23)17-4-5-21)6-12(22)18-11-7-9(15)2-3-10(11)16/h2-3,7,21H,4-6H2,1H3,(H,17,23)(H,18,22)(H,20,24)/b19-8-. The molecule has 24 heavy (non-hydrogen) atoms. The molecule has 8 nitrogen and oxygen atoms in total. The Morgan fingerprint density at radius 1 is 1.21 bits per heavy atom. The highest BCUT2D eigenvalue weighted by Gasteiger charge is 2.12. The average molecular weight is 375 g/mol. The molecule has 130 valence electrons. The van der Waals surface area contributed by atoms with Gasteiger partial charge in [-0.3, -0.25) is 14.4 Å².